The van der Waals surface area contributed by atoms with Crippen molar-refractivity contribution in [3.63, 3.8) is 0 Å². The van der Waals surface area contributed by atoms with E-state index < -0.39 is 6.10 Å². The minimum Gasteiger partial charge on any atom is -0.487 e. The van der Waals surface area contributed by atoms with Crippen molar-refractivity contribution in [1.82, 2.24) is 0 Å². The molecule has 26 heavy (non-hydrogen) atoms. The Hall–Kier alpha value is -0.990. The first-order chi connectivity index (χ1) is 12.6. The lowest BCUT2D eigenvalue weighted by molar-refractivity contribution is -0.153. The number of unbranched alkanes of at least 4 members (excludes halogenated alkanes) is 11. The first kappa shape index (κ1) is 25.0. The van der Waals surface area contributed by atoms with E-state index in [1.54, 1.807) is 13.2 Å². The lowest BCUT2D eigenvalue weighted by Crippen LogP contribution is -2.22. The topological polar surface area (TPSA) is 35.5 Å². The fourth-order valence-electron chi connectivity index (χ4n) is 2.87. The normalized spacial score (nSPS) is 12.8. The van der Waals surface area contributed by atoms with Gasteiger partial charge in [-0.15, -0.1) is 0 Å². The van der Waals surface area contributed by atoms with Crippen molar-refractivity contribution in [2.45, 2.75) is 124 Å². The van der Waals surface area contributed by atoms with E-state index in [-0.39, 0.29) is 5.97 Å². The van der Waals surface area contributed by atoms with Gasteiger partial charge < -0.3 is 9.47 Å². The summed E-state index contributed by atoms with van der Waals surface area (Å²) >= 11 is 0. The van der Waals surface area contributed by atoms with Gasteiger partial charge in [-0.2, -0.15) is 0 Å². The van der Waals surface area contributed by atoms with Crippen molar-refractivity contribution in [2.24, 2.45) is 0 Å². The molecule has 0 saturated heterocycles. The van der Waals surface area contributed by atoms with Gasteiger partial charge in [0.05, 0.1) is 12.9 Å². The highest BCUT2D eigenvalue weighted by atomic mass is 16.6. The van der Waals surface area contributed by atoms with Crippen LogP contribution in [0.5, 0.6) is 0 Å². The van der Waals surface area contributed by atoms with E-state index in [4.69, 9.17) is 9.47 Å². The average molecular weight is 369 g/mol. The van der Waals surface area contributed by atoms with Crippen molar-refractivity contribution in [3.05, 3.63) is 11.8 Å². The van der Waals surface area contributed by atoms with Crippen LogP contribution in [0.4, 0.5) is 0 Å². The molecule has 0 aromatic rings. The van der Waals surface area contributed by atoms with Gasteiger partial charge in [-0.3, -0.25) is 0 Å². The quantitative estimate of drug-likeness (QED) is 0.144. The van der Waals surface area contributed by atoms with E-state index in [1.165, 1.54) is 76.2 Å². The third kappa shape index (κ3) is 16.5. The molecule has 0 aliphatic rings. The van der Waals surface area contributed by atoms with Crippen LogP contribution in [-0.4, -0.2) is 18.7 Å². The van der Waals surface area contributed by atoms with Gasteiger partial charge in [-0.1, -0.05) is 84.5 Å². The van der Waals surface area contributed by atoms with Crippen molar-refractivity contribution >= 4 is 5.97 Å². The number of ether oxygens (including phenoxy) is 2. The minimum atomic E-state index is -0.515. The van der Waals surface area contributed by atoms with E-state index in [1.807, 2.05) is 0 Å². The highest BCUT2D eigenvalue weighted by Gasteiger charge is 2.14. The van der Waals surface area contributed by atoms with Crippen LogP contribution in [0, 0.1) is 0 Å². The molecule has 0 amide bonds. The highest BCUT2D eigenvalue weighted by Crippen LogP contribution is 2.13. The average Bonchev–Trinajstić information content (AvgIpc) is 2.64. The van der Waals surface area contributed by atoms with E-state index in [0.717, 1.165) is 19.3 Å². The summed E-state index contributed by atoms with van der Waals surface area (Å²) < 4.78 is 10.8. The zero-order chi connectivity index (χ0) is 19.5. The third-order valence-corrected chi connectivity index (χ3v) is 4.72. The number of rotatable bonds is 18. The number of allylic oxidation sites excluding steroid dienone is 1. The van der Waals surface area contributed by atoms with Crippen molar-refractivity contribution in [1.29, 1.82) is 0 Å². The molecule has 0 aromatic carbocycles. The lowest BCUT2D eigenvalue weighted by atomic mass is 10.1. The summed E-state index contributed by atoms with van der Waals surface area (Å²) in [5, 5.41) is 0. The van der Waals surface area contributed by atoms with Gasteiger partial charge in [0, 0.05) is 0 Å². The molecule has 0 heterocycles. The zero-order valence-electron chi connectivity index (χ0n) is 18.0. The Morgan fingerprint density at radius 1 is 0.808 bits per heavy atom. The largest absolute Gasteiger partial charge is 0.487 e. The smallest absolute Gasteiger partial charge is 0.346 e. The Kier molecular flexibility index (Phi) is 18.1. The number of hydrogen-bond donors (Lipinski definition) is 0. The molecule has 0 saturated carbocycles. The molecule has 0 rings (SSSR count). The molecular weight excluding hydrogens is 324 g/mol. The maximum absolute atomic E-state index is 11.9. The molecule has 3 heteroatoms. The molecule has 3 nitrogen and oxygen atoms in total. The summed E-state index contributed by atoms with van der Waals surface area (Å²) in [5.41, 5.74) is 1.20. The van der Waals surface area contributed by atoms with Gasteiger partial charge >= 0.3 is 5.97 Å². The predicted molar refractivity (Wildman–Crippen MR) is 111 cm³/mol. The Morgan fingerprint density at radius 2 is 1.31 bits per heavy atom. The number of carbonyl (C=O) groups excluding carboxylic acids is 1. The maximum atomic E-state index is 11.9. The van der Waals surface area contributed by atoms with Crippen LogP contribution >= 0.6 is 0 Å². The first-order valence-corrected chi connectivity index (χ1v) is 11.1. The Bertz CT molecular complexity index is 349. The molecule has 0 aromatic heterocycles. The summed E-state index contributed by atoms with van der Waals surface area (Å²) in [6, 6.07) is 0. The van der Waals surface area contributed by atoms with Crippen LogP contribution in [0.25, 0.3) is 0 Å². The molecule has 0 radical (unpaired) electrons. The predicted octanol–water partition coefficient (Wildman–Crippen LogP) is 7.34. The highest BCUT2D eigenvalue weighted by molar-refractivity contribution is 5.74. The van der Waals surface area contributed by atoms with E-state index in [2.05, 4.69) is 20.8 Å². The van der Waals surface area contributed by atoms with Crippen molar-refractivity contribution < 1.29 is 14.3 Å². The molecular formula is C23H44O3. The van der Waals surface area contributed by atoms with Gasteiger partial charge in [0.25, 0.3) is 0 Å². The molecule has 0 aliphatic heterocycles. The molecule has 0 bridgehead atoms. The molecule has 0 spiro atoms. The van der Waals surface area contributed by atoms with Crippen molar-refractivity contribution in [2.75, 3.05) is 6.61 Å². The molecule has 1 atom stereocenters. The summed E-state index contributed by atoms with van der Waals surface area (Å²) in [7, 11) is 0. The SMILES string of the molecule is CCCCCCCCCC(C)=COC(C)C(=O)OCCCCCCCC. The fourth-order valence-corrected chi connectivity index (χ4v) is 2.87. The zero-order valence-corrected chi connectivity index (χ0v) is 18.0. The van der Waals surface area contributed by atoms with E-state index in [0.29, 0.717) is 6.61 Å². The lowest BCUT2D eigenvalue weighted by Gasteiger charge is -2.12. The second-order valence-electron chi connectivity index (χ2n) is 7.55. The number of carbonyl (C=O) groups is 1. The fraction of sp³-hybridized carbons (Fsp3) is 0.870. The molecule has 0 aliphatic carbocycles. The summed E-state index contributed by atoms with van der Waals surface area (Å²) in [4.78, 5) is 11.9. The van der Waals surface area contributed by atoms with Crippen LogP contribution in [0.15, 0.2) is 11.8 Å². The first-order valence-electron chi connectivity index (χ1n) is 11.1. The van der Waals surface area contributed by atoms with Crippen molar-refractivity contribution in [3.8, 4) is 0 Å². The minimum absolute atomic E-state index is 0.251. The van der Waals surface area contributed by atoms with Gasteiger partial charge in [-0.25, -0.2) is 4.79 Å². The molecule has 1 unspecified atom stereocenters. The number of hydrogen-bond acceptors (Lipinski definition) is 3. The van der Waals surface area contributed by atoms with Crippen LogP contribution in [0.1, 0.15) is 118 Å². The van der Waals surface area contributed by atoms with E-state index in [9.17, 15) is 4.79 Å². The van der Waals surface area contributed by atoms with Gasteiger partial charge in [0.1, 0.15) is 0 Å². The standard InChI is InChI=1S/C23H44O3/c1-5-7-9-11-13-14-16-18-21(3)20-26-22(4)23(24)25-19-17-15-12-10-8-6-2/h20,22H,5-19H2,1-4H3. The molecule has 0 fully saturated rings. The second kappa shape index (κ2) is 18.8. The molecule has 0 N–H and O–H groups in total. The molecule has 154 valence electrons. The summed E-state index contributed by atoms with van der Waals surface area (Å²) in [6.07, 6.45) is 18.7. The van der Waals surface area contributed by atoms with Gasteiger partial charge in [0.15, 0.2) is 6.10 Å². The van der Waals surface area contributed by atoms with Gasteiger partial charge in [-0.05, 0) is 38.7 Å². The second-order valence-corrected chi connectivity index (χ2v) is 7.55. The van der Waals surface area contributed by atoms with Crippen LogP contribution in [0.2, 0.25) is 0 Å². The summed E-state index contributed by atoms with van der Waals surface area (Å²) in [6.45, 7) is 8.82. The number of esters is 1. The summed E-state index contributed by atoms with van der Waals surface area (Å²) in [5.74, 6) is -0.251. The Morgan fingerprint density at radius 3 is 1.88 bits per heavy atom. The monoisotopic (exact) mass is 368 g/mol. The van der Waals surface area contributed by atoms with E-state index >= 15 is 0 Å². The van der Waals surface area contributed by atoms with Crippen LogP contribution < -0.4 is 0 Å². The maximum Gasteiger partial charge on any atom is 0.346 e. The van der Waals surface area contributed by atoms with Crippen LogP contribution in [0.3, 0.4) is 0 Å². The van der Waals surface area contributed by atoms with Crippen LogP contribution in [-0.2, 0) is 14.3 Å². The third-order valence-electron chi connectivity index (χ3n) is 4.72. The van der Waals surface area contributed by atoms with Gasteiger partial charge in [0.2, 0.25) is 0 Å². The Balaban J connectivity index is 3.64. The Labute approximate surface area is 162 Å².